The van der Waals surface area contributed by atoms with Gasteiger partial charge in [-0.25, -0.2) is 4.79 Å². The molecule has 0 atom stereocenters. The maximum absolute atomic E-state index is 11.1. The fourth-order valence-corrected chi connectivity index (χ4v) is 1.54. The van der Waals surface area contributed by atoms with Crippen LogP contribution in [-0.4, -0.2) is 6.61 Å². The lowest BCUT2D eigenvalue weighted by atomic mass is 10.1. The predicted octanol–water partition coefficient (Wildman–Crippen LogP) is 3.22. The molecule has 0 N–H and O–H groups in total. The maximum Gasteiger partial charge on any atom is 0.336 e. The normalized spacial score (nSPS) is 11.0. The molecule has 1 heterocycles. The standard InChI is InChI=1S/C14H16O3/c1-10(2)7-8-16-12-5-3-11-4-6-14(15)17-13(11)9-12/h3-6,9-10H,7-8H2,1-2H3. The van der Waals surface area contributed by atoms with Gasteiger partial charge < -0.3 is 9.15 Å². The van der Waals surface area contributed by atoms with Crippen LogP contribution in [0.25, 0.3) is 11.0 Å². The average molecular weight is 232 g/mol. The minimum atomic E-state index is -0.336. The van der Waals surface area contributed by atoms with Crippen LogP contribution in [0.1, 0.15) is 20.3 Å². The third-order valence-electron chi connectivity index (χ3n) is 2.56. The Morgan fingerprint density at radius 3 is 2.76 bits per heavy atom. The zero-order chi connectivity index (χ0) is 12.3. The van der Waals surface area contributed by atoms with E-state index in [9.17, 15) is 4.79 Å². The van der Waals surface area contributed by atoms with Gasteiger partial charge in [0, 0.05) is 17.5 Å². The lowest BCUT2D eigenvalue weighted by Gasteiger charge is -2.08. The van der Waals surface area contributed by atoms with Crippen molar-refractivity contribution in [2.45, 2.75) is 20.3 Å². The van der Waals surface area contributed by atoms with E-state index in [1.165, 1.54) is 6.07 Å². The van der Waals surface area contributed by atoms with E-state index >= 15 is 0 Å². The van der Waals surface area contributed by atoms with Crippen molar-refractivity contribution in [1.29, 1.82) is 0 Å². The largest absolute Gasteiger partial charge is 0.493 e. The maximum atomic E-state index is 11.1. The third-order valence-corrected chi connectivity index (χ3v) is 2.56. The van der Waals surface area contributed by atoms with Gasteiger partial charge in [-0.2, -0.15) is 0 Å². The average Bonchev–Trinajstić information content (AvgIpc) is 2.28. The van der Waals surface area contributed by atoms with Crippen molar-refractivity contribution in [3.05, 3.63) is 40.8 Å². The zero-order valence-corrected chi connectivity index (χ0v) is 10.1. The van der Waals surface area contributed by atoms with Crippen molar-refractivity contribution in [2.75, 3.05) is 6.61 Å². The van der Waals surface area contributed by atoms with E-state index in [0.717, 1.165) is 17.6 Å². The highest BCUT2D eigenvalue weighted by Gasteiger charge is 2.01. The molecule has 2 aromatic rings. The quantitative estimate of drug-likeness (QED) is 0.760. The van der Waals surface area contributed by atoms with Gasteiger partial charge in [-0.15, -0.1) is 0 Å². The molecule has 0 aliphatic heterocycles. The zero-order valence-electron chi connectivity index (χ0n) is 10.1. The molecule has 0 saturated carbocycles. The van der Waals surface area contributed by atoms with Crippen LogP contribution in [0.15, 0.2) is 39.5 Å². The summed E-state index contributed by atoms with van der Waals surface area (Å²) in [5, 5.41) is 0.904. The summed E-state index contributed by atoms with van der Waals surface area (Å²) in [6, 6.07) is 8.71. The van der Waals surface area contributed by atoms with Crippen LogP contribution in [0.5, 0.6) is 5.75 Å². The van der Waals surface area contributed by atoms with Crippen molar-refractivity contribution in [3.63, 3.8) is 0 Å². The van der Waals surface area contributed by atoms with Crippen molar-refractivity contribution in [2.24, 2.45) is 5.92 Å². The first kappa shape index (κ1) is 11.7. The highest BCUT2D eigenvalue weighted by molar-refractivity contribution is 5.77. The summed E-state index contributed by atoms with van der Waals surface area (Å²) in [6.07, 6.45) is 1.01. The van der Waals surface area contributed by atoms with Gasteiger partial charge in [0.05, 0.1) is 6.61 Å². The van der Waals surface area contributed by atoms with Crippen LogP contribution in [0.4, 0.5) is 0 Å². The molecule has 0 spiro atoms. The lowest BCUT2D eigenvalue weighted by Crippen LogP contribution is -2.01. The number of benzene rings is 1. The first-order valence-corrected chi connectivity index (χ1v) is 5.82. The Balaban J connectivity index is 2.16. The van der Waals surface area contributed by atoms with E-state index in [4.69, 9.17) is 9.15 Å². The Kier molecular flexibility index (Phi) is 3.47. The van der Waals surface area contributed by atoms with Gasteiger partial charge >= 0.3 is 5.63 Å². The molecule has 3 nitrogen and oxygen atoms in total. The Morgan fingerprint density at radius 1 is 1.24 bits per heavy atom. The van der Waals surface area contributed by atoms with Crippen LogP contribution in [0.3, 0.4) is 0 Å². The smallest absolute Gasteiger partial charge is 0.336 e. The second-order valence-corrected chi connectivity index (χ2v) is 4.49. The summed E-state index contributed by atoms with van der Waals surface area (Å²) in [4.78, 5) is 11.1. The second-order valence-electron chi connectivity index (χ2n) is 4.49. The molecule has 0 amide bonds. The first-order valence-electron chi connectivity index (χ1n) is 5.82. The van der Waals surface area contributed by atoms with Gasteiger partial charge in [0.15, 0.2) is 0 Å². The van der Waals surface area contributed by atoms with Crippen LogP contribution >= 0.6 is 0 Å². The van der Waals surface area contributed by atoms with E-state index in [2.05, 4.69) is 13.8 Å². The summed E-state index contributed by atoms with van der Waals surface area (Å²) in [5.41, 5.74) is 0.233. The van der Waals surface area contributed by atoms with E-state index in [-0.39, 0.29) is 5.63 Å². The van der Waals surface area contributed by atoms with Gasteiger partial charge in [0.2, 0.25) is 0 Å². The molecule has 0 bridgehead atoms. The first-order chi connectivity index (χ1) is 8.15. The fraction of sp³-hybridized carbons (Fsp3) is 0.357. The predicted molar refractivity (Wildman–Crippen MR) is 67.4 cm³/mol. The van der Waals surface area contributed by atoms with Gasteiger partial charge in [-0.1, -0.05) is 13.8 Å². The van der Waals surface area contributed by atoms with Crippen molar-refractivity contribution >= 4 is 11.0 Å². The topological polar surface area (TPSA) is 39.4 Å². The van der Waals surface area contributed by atoms with Gasteiger partial charge in [0.25, 0.3) is 0 Å². The Morgan fingerprint density at radius 2 is 2.00 bits per heavy atom. The number of rotatable bonds is 4. The van der Waals surface area contributed by atoms with Crippen LogP contribution in [0.2, 0.25) is 0 Å². The third kappa shape index (κ3) is 3.09. The van der Waals surface area contributed by atoms with Crippen molar-refractivity contribution in [3.8, 4) is 5.75 Å². The number of fused-ring (bicyclic) bond motifs is 1. The fourth-order valence-electron chi connectivity index (χ4n) is 1.54. The summed E-state index contributed by atoms with van der Waals surface area (Å²) in [7, 11) is 0. The molecular formula is C14H16O3. The monoisotopic (exact) mass is 232 g/mol. The molecule has 0 unspecified atom stereocenters. The molecule has 90 valence electrons. The van der Waals surface area contributed by atoms with Crippen molar-refractivity contribution < 1.29 is 9.15 Å². The molecule has 1 aromatic carbocycles. The SMILES string of the molecule is CC(C)CCOc1ccc2ccc(=O)oc2c1. The number of ether oxygens (including phenoxy) is 1. The molecular weight excluding hydrogens is 216 g/mol. The molecule has 0 radical (unpaired) electrons. The van der Waals surface area contributed by atoms with Crippen LogP contribution in [0, 0.1) is 5.92 Å². The second kappa shape index (κ2) is 5.04. The summed E-state index contributed by atoms with van der Waals surface area (Å²) in [6.45, 7) is 4.99. The Hall–Kier alpha value is -1.77. The van der Waals surface area contributed by atoms with Gasteiger partial charge in [-0.3, -0.25) is 0 Å². The molecule has 3 heteroatoms. The minimum absolute atomic E-state index is 0.336. The lowest BCUT2D eigenvalue weighted by molar-refractivity contribution is 0.289. The van der Waals surface area contributed by atoms with Gasteiger partial charge in [0.1, 0.15) is 11.3 Å². The molecule has 17 heavy (non-hydrogen) atoms. The number of hydrogen-bond donors (Lipinski definition) is 0. The van der Waals surface area contributed by atoms with Crippen LogP contribution < -0.4 is 10.4 Å². The van der Waals surface area contributed by atoms with E-state index in [1.807, 2.05) is 12.1 Å². The van der Waals surface area contributed by atoms with Gasteiger partial charge in [-0.05, 0) is 30.5 Å². The van der Waals surface area contributed by atoms with E-state index < -0.39 is 0 Å². The van der Waals surface area contributed by atoms with Crippen LogP contribution in [-0.2, 0) is 0 Å². The summed E-state index contributed by atoms with van der Waals surface area (Å²) >= 11 is 0. The molecule has 2 rings (SSSR count). The number of hydrogen-bond acceptors (Lipinski definition) is 3. The van der Waals surface area contributed by atoms with E-state index in [1.54, 1.807) is 12.1 Å². The molecule has 0 aliphatic rings. The highest BCUT2D eigenvalue weighted by atomic mass is 16.5. The molecule has 0 saturated heterocycles. The summed E-state index contributed by atoms with van der Waals surface area (Å²) < 4.78 is 10.7. The van der Waals surface area contributed by atoms with E-state index in [0.29, 0.717) is 18.1 Å². The minimum Gasteiger partial charge on any atom is -0.493 e. The Labute approximate surface area is 100 Å². The summed E-state index contributed by atoms with van der Waals surface area (Å²) in [5.74, 6) is 1.36. The molecule has 1 aromatic heterocycles. The van der Waals surface area contributed by atoms with Crippen molar-refractivity contribution in [1.82, 2.24) is 0 Å². The highest BCUT2D eigenvalue weighted by Crippen LogP contribution is 2.19. The Bertz CT molecular complexity index is 555. The molecule has 0 fully saturated rings. The molecule has 0 aliphatic carbocycles.